The van der Waals surface area contributed by atoms with E-state index < -0.39 is 0 Å². The van der Waals surface area contributed by atoms with Gasteiger partial charge in [-0.3, -0.25) is 4.57 Å². The molecule has 5 nitrogen and oxygen atoms in total. The molecule has 17 heavy (non-hydrogen) atoms. The van der Waals surface area contributed by atoms with Gasteiger partial charge < -0.3 is 14.9 Å². The van der Waals surface area contributed by atoms with Crippen LogP contribution in [-0.4, -0.2) is 24.3 Å². The van der Waals surface area contributed by atoms with Crippen molar-refractivity contribution in [3.05, 3.63) is 34.3 Å². The maximum atomic E-state index is 11.6. The number of aromatic nitrogens is 1. The Bertz CT molecular complexity index is 556. The molecule has 0 saturated carbocycles. The Balaban J connectivity index is 2.21. The molecule has 0 amide bonds. The van der Waals surface area contributed by atoms with E-state index in [1.54, 1.807) is 4.57 Å². The molecule has 1 aromatic carbocycles. The van der Waals surface area contributed by atoms with E-state index >= 15 is 0 Å². The Morgan fingerprint density at radius 3 is 3.00 bits per heavy atom. The highest BCUT2D eigenvalue weighted by Crippen LogP contribution is 2.14. The quantitative estimate of drug-likeness (QED) is 0.782. The molecule has 5 heteroatoms. The van der Waals surface area contributed by atoms with E-state index in [1.165, 1.54) is 0 Å². The molecular formula is C12H16N2O3. The molecule has 1 aromatic heterocycles. The average molecular weight is 236 g/mol. The van der Waals surface area contributed by atoms with Crippen molar-refractivity contribution in [3.8, 4) is 0 Å². The monoisotopic (exact) mass is 236 g/mol. The molecule has 0 aliphatic rings. The zero-order chi connectivity index (χ0) is 12.3. The van der Waals surface area contributed by atoms with E-state index in [1.807, 2.05) is 25.1 Å². The van der Waals surface area contributed by atoms with E-state index in [0.29, 0.717) is 31.9 Å². The van der Waals surface area contributed by atoms with Gasteiger partial charge >= 0.3 is 5.76 Å². The second-order valence-electron chi connectivity index (χ2n) is 3.89. The highest BCUT2D eigenvalue weighted by Gasteiger charge is 2.08. The zero-order valence-corrected chi connectivity index (χ0v) is 9.81. The van der Waals surface area contributed by atoms with Gasteiger partial charge in [-0.15, -0.1) is 0 Å². The lowest BCUT2D eigenvalue weighted by Crippen LogP contribution is -2.19. The molecule has 1 heterocycles. The first-order valence-corrected chi connectivity index (χ1v) is 5.60. The predicted molar refractivity (Wildman–Crippen MR) is 65.1 cm³/mol. The highest BCUT2D eigenvalue weighted by molar-refractivity contribution is 5.73. The third-order valence-electron chi connectivity index (χ3n) is 2.55. The smallest absolute Gasteiger partial charge is 0.408 e. The van der Waals surface area contributed by atoms with E-state index in [2.05, 4.69) is 0 Å². The first kappa shape index (κ1) is 11.9. The van der Waals surface area contributed by atoms with Crippen LogP contribution in [0.15, 0.2) is 27.4 Å². The highest BCUT2D eigenvalue weighted by atomic mass is 16.5. The maximum Gasteiger partial charge on any atom is 0.420 e. The van der Waals surface area contributed by atoms with Crippen molar-refractivity contribution in [2.24, 2.45) is 5.73 Å². The number of hydrogen-bond acceptors (Lipinski definition) is 4. The molecule has 2 aromatic rings. The molecular weight excluding hydrogens is 220 g/mol. The normalized spacial score (nSPS) is 11.2. The van der Waals surface area contributed by atoms with Crippen LogP contribution in [0.5, 0.6) is 0 Å². The minimum atomic E-state index is -0.345. The van der Waals surface area contributed by atoms with Gasteiger partial charge in [-0.1, -0.05) is 6.07 Å². The van der Waals surface area contributed by atoms with Crippen LogP contribution in [0.4, 0.5) is 0 Å². The average Bonchev–Trinajstić information content (AvgIpc) is 2.60. The standard InChI is InChI=1S/C12H16N2O3/c1-9-2-3-10-11(8-9)17-12(15)14(10)5-7-16-6-4-13/h2-3,8H,4-7,13H2,1H3. The Morgan fingerprint density at radius 2 is 2.24 bits per heavy atom. The van der Waals surface area contributed by atoms with E-state index in [-0.39, 0.29) is 5.76 Å². The molecule has 0 aliphatic carbocycles. The molecule has 0 bridgehead atoms. The van der Waals surface area contributed by atoms with Crippen molar-refractivity contribution in [2.45, 2.75) is 13.5 Å². The molecule has 0 aliphatic heterocycles. The molecule has 2 N–H and O–H groups in total. The van der Waals surface area contributed by atoms with Crippen molar-refractivity contribution in [1.29, 1.82) is 0 Å². The van der Waals surface area contributed by atoms with Crippen molar-refractivity contribution in [1.82, 2.24) is 4.57 Å². The summed E-state index contributed by atoms with van der Waals surface area (Å²) in [5.74, 6) is -0.345. The second-order valence-corrected chi connectivity index (χ2v) is 3.89. The van der Waals surface area contributed by atoms with Crippen LogP contribution in [0.3, 0.4) is 0 Å². The number of ether oxygens (including phenoxy) is 1. The zero-order valence-electron chi connectivity index (χ0n) is 9.81. The van der Waals surface area contributed by atoms with E-state index in [0.717, 1.165) is 11.1 Å². The number of aryl methyl sites for hydroxylation is 1. The van der Waals surface area contributed by atoms with Crippen molar-refractivity contribution in [2.75, 3.05) is 19.8 Å². The largest absolute Gasteiger partial charge is 0.420 e. The third-order valence-corrected chi connectivity index (χ3v) is 2.55. The van der Waals surface area contributed by atoms with Gasteiger partial charge in [-0.05, 0) is 24.6 Å². The van der Waals surface area contributed by atoms with Gasteiger partial charge in [0.1, 0.15) is 0 Å². The third kappa shape index (κ3) is 2.57. The summed E-state index contributed by atoms with van der Waals surface area (Å²) in [6, 6.07) is 5.70. The molecule has 0 atom stereocenters. The lowest BCUT2D eigenvalue weighted by molar-refractivity contribution is 0.132. The fraction of sp³-hybridized carbons (Fsp3) is 0.417. The number of oxazole rings is 1. The summed E-state index contributed by atoms with van der Waals surface area (Å²) in [5, 5.41) is 0. The Hall–Kier alpha value is -1.59. The number of rotatable bonds is 5. The Kier molecular flexibility index (Phi) is 3.61. The van der Waals surface area contributed by atoms with Crippen LogP contribution in [0, 0.1) is 6.92 Å². The molecule has 2 rings (SSSR count). The number of benzene rings is 1. The van der Waals surface area contributed by atoms with Gasteiger partial charge in [0.25, 0.3) is 0 Å². The van der Waals surface area contributed by atoms with Gasteiger partial charge in [0.05, 0.1) is 25.3 Å². The van der Waals surface area contributed by atoms with Gasteiger partial charge in [0, 0.05) is 6.54 Å². The molecule has 0 unspecified atom stereocenters. The number of fused-ring (bicyclic) bond motifs is 1. The predicted octanol–water partition coefficient (Wildman–Crippen LogP) is 0.878. The summed E-state index contributed by atoms with van der Waals surface area (Å²) in [6.07, 6.45) is 0. The van der Waals surface area contributed by atoms with Gasteiger partial charge in [-0.2, -0.15) is 0 Å². The molecule has 92 valence electrons. The summed E-state index contributed by atoms with van der Waals surface area (Å²) < 4.78 is 12.0. The summed E-state index contributed by atoms with van der Waals surface area (Å²) in [7, 11) is 0. The fourth-order valence-electron chi connectivity index (χ4n) is 1.73. The summed E-state index contributed by atoms with van der Waals surface area (Å²) >= 11 is 0. The number of nitrogens with two attached hydrogens (primary N) is 1. The van der Waals surface area contributed by atoms with Crippen LogP contribution in [0.1, 0.15) is 5.56 Å². The summed E-state index contributed by atoms with van der Waals surface area (Å²) in [4.78, 5) is 11.6. The minimum Gasteiger partial charge on any atom is -0.408 e. The molecule has 0 saturated heterocycles. The maximum absolute atomic E-state index is 11.6. The van der Waals surface area contributed by atoms with E-state index in [4.69, 9.17) is 14.9 Å². The van der Waals surface area contributed by atoms with Crippen LogP contribution in [0.2, 0.25) is 0 Å². The Morgan fingerprint density at radius 1 is 1.41 bits per heavy atom. The van der Waals surface area contributed by atoms with Crippen molar-refractivity contribution >= 4 is 11.1 Å². The lowest BCUT2D eigenvalue weighted by Gasteiger charge is -2.03. The second kappa shape index (κ2) is 5.16. The van der Waals surface area contributed by atoms with Crippen molar-refractivity contribution < 1.29 is 9.15 Å². The number of nitrogens with zero attached hydrogens (tertiary/aromatic N) is 1. The SMILES string of the molecule is Cc1ccc2c(c1)oc(=O)n2CCOCCN. The van der Waals surface area contributed by atoms with Crippen LogP contribution in [-0.2, 0) is 11.3 Å². The molecule has 0 spiro atoms. The molecule has 0 radical (unpaired) electrons. The van der Waals surface area contributed by atoms with Crippen molar-refractivity contribution in [3.63, 3.8) is 0 Å². The van der Waals surface area contributed by atoms with Crippen LogP contribution < -0.4 is 11.5 Å². The van der Waals surface area contributed by atoms with Crippen LogP contribution >= 0.6 is 0 Å². The Labute approximate surface area is 98.8 Å². The van der Waals surface area contributed by atoms with E-state index in [9.17, 15) is 4.79 Å². The topological polar surface area (TPSA) is 70.4 Å². The summed E-state index contributed by atoms with van der Waals surface area (Å²) in [6.45, 7) is 3.89. The first-order valence-electron chi connectivity index (χ1n) is 5.60. The number of hydrogen-bond donors (Lipinski definition) is 1. The molecule has 0 fully saturated rings. The first-order chi connectivity index (χ1) is 8.22. The fourth-order valence-corrected chi connectivity index (χ4v) is 1.73. The summed E-state index contributed by atoms with van der Waals surface area (Å²) in [5.41, 5.74) is 7.80. The minimum absolute atomic E-state index is 0.345. The lowest BCUT2D eigenvalue weighted by atomic mass is 10.2. The van der Waals surface area contributed by atoms with Gasteiger partial charge in [0.15, 0.2) is 5.58 Å². The van der Waals surface area contributed by atoms with Gasteiger partial charge in [0.2, 0.25) is 0 Å². The van der Waals surface area contributed by atoms with Gasteiger partial charge in [-0.25, -0.2) is 4.79 Å². The van der Waals surface area contributed by atoms with Crippen LogP contribution in [0.25, 0.3) is 11.1 Å².